The summed E-state index contributed by atoms with van der Waals surface area (Å²) in [6.07, 6.45) is 128. The van der Waals surface area contributed by atoms with Gasteiger partial charge in [-0.15, -0.1) is 0 Å². The number of likely N-dealkylation sites (N-methyl/N-ethyl adjacent to an activating group) is 1. The van der Waals surface area contributed by atoms with Crippen molar-refractivity contribution in [2.45, 2.75) is 328 Å². The molecule has 104 heavy (non-hydrogen) atoms. The Labute approximate surface area is 640 Å². The van der Waals surface area contributed by atoms with E-state index < -0.39 is 32.5 Å². The van der Waals surface area contributed by atoms with E-state index >= 15 is 0 Å². The summed E-state index contributed by atoms with van der Waals surface area (Å²) in [5.41, 5.74) is 0. The highest BCUT2D eigenvalue weighted by molar-refractivity contribution is 7.45. The number of allylic oxidation sites excluding steroid dienone is 34. The number of phosphoric acid groups is 1. The first-order chi connectivity index (χ1) is 51.0. The fraction of sp³-hybridized carbons (Fsp3) is 0.617. The number of hydrogen-bond donors (Lipinski definition) is 0. The molecule has 9 nitrogen and oxygen atoms in total. The minimum Gasteiger partial charge on any atom is -0.756 e. The lowest BCUT2D eigenvalue weighted by atomic mass is 10.0. The second-order valence-electron chi connectivity index (χ2n) is 28.4. The van der Waals surface area contributed by atoms with Crippen molar-refractivity contribution >= 4 is 19.8 Å². The molecule has 2 unspecified atom stereocenters. The van der Waals surface area contributed by atoms with Crippen LogP contribution in [-0.2, 0) is 32.7 Å². The Morgan fingerprint density at radius 2 is 0.519 bits per heavy atom. The third-order valence-electron chi connectivity index (χ3n) is 17.3. The van der Waals surface area contributed by atoms with Crippen molar-refractivity contribution in [2.75, 3.05) is 47.5 Å². The number of hydrogen-bond acceptors (Lipinski definition) is 8. The van der Waals surface area contributed by atoms with E-state index in [0.29, 0.717) is 17.4 Å². The third kappa shape index (κ3) is 85.5. The normalized spacial score (nSPS) is 14.1. The molecule has 0 rings (SSSR count). The van der Waals surface area contributed by atoms with Gasteiger partial charge in [-0.2, -0.15) is 0 Å². The average molecular weight is 1460 g/mol. The fourth-order valence-electron chi connectivity index (χ4n) is 11.0. The maximum atomic E-state index is 12.9. The van der Waals surface area contributed by atoms with Gasteiger partial charge in [0.25, 0.3) is 7.82 Å². The third-order valence-corrected chi connectivity index (χ3v) is 18.3. The number of carbonyl (C=O) groups excluding carboxylic acids is 2. The number of esters is 2. The highest BCUT2D eigenvalue weighted by Gasteiger charge is 2.22. The Hall–Kier alpha value is -5.41. The van der Waals surface area contributed by atoms with Crippen LogP contribution in [-0.4, -0.2) is 70.0 Å². The van der Waals surface area contributed by atoms with Gasteiger partial charge in [0.2, 0.25) is 0 Å². The van der Waals surface area contributed by atoms with Crippen molar-refractivity contribution in [1.82, 2.24) is 0 Å². The average Bonchev–Trinajstić information content (AvgIpc) is 0.920. The summed E-state index contributed by atoms with van der Waals surface area (Å²) in [4.78, 5) is 38.2. The maximum absolute atomic E-state index is 12.9. The molecule has 0 aliphatic rings. The van der Waals surface area contributed by atoms with Gasteiger partial charge in [0.15, 0.2) is 6.10 Å². The van der Waals surface area contributed by atoms with Crippen LogP contribution < -0.4 is 4.89 Å². The lowest BCUT2D eigenvalue weighted by molar-refractivity contribution is -0.870. The maximum Gasteiger partial charge on any atom is 0.306 e. The van der Waals surface area contributed by atoms with Crippen molar-refractivity contribution in [3.8, 4) is 0 Å². The monoisotopic (exact) mass is 1460 g/mol. The highest BCUT2D eigenvalue weighted by Crippen LogP contribution is 2.38. The van der Waals surface area contributed by atoms with Crippen LogP contribution in [0.15, 0.2) is 207 Å². The molecule has 10 heteroatoms. The molecule has 0 N–H and O–H groups in total. The summed E-state index contributed by atoms with van der Waals surface area (Å²) in [5.74, 6) is -0.865. The van der Waals surface area contributed by atoms with Crippen LogP contribution in [0.3, 0.4) is 0 Å². The van der Waals surface area contributed by atoms with E-state index in [9.17, 15) is 19.0 Å². The lowest BCUT2D eigenvalue weighted by Crippen LogP contribution is -2.37. The van der Waals surface area contributed by atoms with Crippen LogP contribution >= 0.6 is 7.82 Å². The summed E-state index contributed by atoms with van der Waals surface area (Å²) in [6, 6.07) is 0. The van der Waals surface area contributed by atoms with E-state index in [0.717, 1.165) is 154 Å². The van der Waals surface area contributed by atoms with Gasteiger partial charge in [0, 0.05) is 12.8 Å². The van der Waals surface area contributed by atoms with Gasteiger partial charge in [-0.05, 0) is 148 Å². The molecule has 0 heterocycles. The number of rotatable bonds is 75. The van der Waals surface area contributed by atoms with Gasteiger partial charge >= 0.3 is 11.9 Å². The molecule has 2 atom stereocenters. The van der Waals surface area contributed by atoms with Crippen molar-refractivity contribution in [2.24, 2.45) is 0 Å². The van der Waals surface area contributed by atoms with Gasteiger partial charge in [-0.3, -0.25) is 14.2 Å². The first-order valence-corrected chi connectivity index (χ1v) is 43.3. The zero-order valence-electron chi connectivity index (χ0n) is 67.1. The van der Waals surface area contributed by atoms with Crippen LogP contribution in [0.4, 0.5) is 0 Å². The SMILES string of the molecule is CC/C=C\C/C=C\C/C=C\C/C=C\C/C=C\C/C=C\C/C=C\C/C=C\C/C=C\C/C=C\C/C=C\C/C=C\CCCCCCC(=O)OC(COC(=O)CCCCCCCCCCCCCCCCCCCCCCCCC/C=C\C/C=C\C/C=C\C/C=C\C/C=C\CC)COP(=O)([O-])OCC[N+](C)(C)C. The first kappa shape index (κ1) is 98.6. The zero-order chi connectivity index (χ0) is 75.4. The molecular formula is C94H154NO8P. The fourth-order valence-corrected chi connectivity index (χ4v) is 11.7. The van der Waals surface area contributed by atoms with Gasteiger partial charge in [0.05, 0.1) is 27.7 Å². The predicted octanol–water partition coefficient (Wildman–Crippen LogP) is 27.9. The molecule has 0 aromatic heterocycles. The quantitative estimate of drug-likeness (QED) is 0.0195. The molecule has 0 fully saturated rings. The first-order valence-electron chi connectivity index (χ1n) is 41.8. The molecule has 0 saturated carbocycles. The molecule has 0 aromatic rings. The summed E-state index contributed by atoms with van der Waals surface area (Å²) in [5, 5.41) is 0. The second kappa shape index (κ2) is 81.7. The van der Waals surface area contributed by atoms with Gasteiger partial charge in [-0.25, -0.2) is 0 Å². The highest BCUT2D eigenvalue weighted by atomic mass is 31.2. The Morgan fingerprint density at radius 3 is 0.769 bits per heavy atom. The van der Waals surface area contributed by atoms with Crippen LogP contribution in [0, 0.1) is 0 Å². The van der Waals surface area contributed by atoms with Gasteiger partial charge in [0.1, 0.15) is 19.8 Å². The summed E-state index contributed by atoms with van der Waals surface area (Å²) in [7, 11) is 1.13. The summed E-state index contributed by atoms with van der Waals surface area (Å²) >= 11 is 0. The molecule has 0 aliphatic carbocycles. The molecule has 0 spiro atoms. The van der Waals surface area contributed by atoms with Crippen molar-refractivity contribution in [3.05, 3.63) is 207 Å². The van der Waals surface area contributed by atoms with Crippen LogP contribution in [0.1, 0.15) is 322 Å². The van der Waals surface area contributed by atoms with E-state index in [1.807, 2.05) is 21.1 Å². The lowest BCUT2D eigenvalue weighted by Gasteiger charge is -2.28. The summed E-state index contributed by atoms with van der Waals surface area (Å²) in [6.45, 7) is 3.99. The van der Waals surface area contributed by atoms with E-state index in [-0.39, 0.29) is 26.1 Å². The number of nitrogens with zero attached hydrogens (tertiary/aromatic N) is 1. The van der Waals surface area contributed by atoms with Gasteiger partial charge < -0.3 is 27.9 Å². The van der Waals surface area contributed by atoms with E-state index in [1.165, 1.54) is 135 Å². The topological polar surface area (TPSA) is 111 Å². The Balaban J connectivity index is 4.06. The minimum atomic E-state index is -4.67. The molecular weight excluding hydrogens is 1300 g/mol. The Kier molecular flexibility index (Phi) is 77.4. The number of unbranched alkanes of at least 4 members (excludes halogenated alkanes) is 27. The minimum absolute atomic E-state index is 0.0446. The second-order valence-corrected chi connectivity index (χ2v) is 29.8. The summed E-state index contributed by atoms with van der Waals surface area (Å²) < 4.78 is 34.4. The van der Waals surface area contributed by atoms with Crippen LogP contribution in [0.25, 0.3) is 0 Å². The number of ether oxygens (including phenoxy) is 2. The smallest absolute Gasteiger partial charge is 0.306 e. The molecule has 0 amide bonds. The van der Waals surface area contributed by atoms with Crippen molar-refractivity contribution in [3.63, 3.8) is 0 Å². The van der Waals surface area contributed by atoms with Gasteiger partial charge in [-0.1, -0.05) is 368 Å². The van der Waals surface area contributed by atoms with E-state index in [1.54, 1.807) is 0 Å². The molecule has 588 valence electrons. The molecule has 0 bridgehead atoms. The molecule has 0 saturated heterocycles. The molecule has 0 radical (unpaired) electrons. The number of phosphoric ester groups is 1. The largest absolute Gasteiger partial charge is 0.756 e. The van der Waals surface area contributed by atoms with Crippen LogP contribution in [0.5, 0.6) is 0 Å². The van der Waals surface area contributed by atoms with E-state index in [4.69, 9.17) is 18.5 Å². The van der Waals surface area contributed by atoms with Crippen LogP contribution in [0.2, 0.25) is 0 Å². The zero-order valence-corrected chi connectivity index (χ0v) is 68.0. The Bertz CT molecular complexity index is 2520. The number of quaternary nitrogens is 1. The molecule has 0 aromatic carbocycles. The van der Waals surface area contributed by atoms with Crippen molar-refractivity contribution in [1.29, 1.82) is 0 Å². The number of carbonyl (C=O) groups is 2. The predicted molar refractivity (Wildman–Crippen MR) is 452 cm³/mol. The standard InChI is InChI=1S/C94H154NO8P/c1-6-8-10-12-14-16-18-20-22-24-26-28-30-32-34-36-38-40-42-44-46-47-49-51-53-55-57-59-61-63-65-67-69-71-73-75-77-79-81-83-85-87-94(97)103-92(91-102-104(98,99)101-89-88-95(3,4)5)90-100-93(96)86-84-82-80-78-76-74-72-70-68-66-64-62-60-58-56-54-52-50-48-45-43-41-39-37-35-33-31-29-27-25-23-21-19-17-15-13-11-9-7-2/h8-11,14-17,20-23,26-29,32-35,38,40,44,46,49,51,55,57,61,63,67,69,73,75,92H,6-7,12-13,18-19,24-25,30-31,36-37,39,41-43,45,47-48,50,52-54,56,58-60,62,64-66,68,70-72,74,76-91H2,1-5H3/b10-8-,11-9-,16-14-,17-15-,22-20-,23-21-,28-26-,29-27-,34-32-,35-33-,40-38-,46-44-,51-49-,57-55-,63-61-,69-67-,75-73-. The van der Waals surface area contributed by atoms with E-state index in [2.05, 4.69) is 220 Å². The molecule has 0 aliphatic heterocycles. The van der Waals surface area contributed by atoms with Crippen molar-refractivity contribution < 1.29 is 42.1 Å². The Morgan fingerprint density at radius 1 is 0.298 bits per heavy atom.